The van der Waals surface area contributed by atoms with Gasteiger partial charge in [0, 0.05) is 25.7 Å². The molecule has 4 unspecified atom stereocenters. The van der Waals surface area contributed by atoms with E-state index in [0.29, 0.717) is 25.7 Å². The summed E-state index contributed by atoms with van der Waals surface area (Å²) in [7, 11) is -9.91. The van der Waals surface area contributed by atoms with Gasteiger partial charge in [0.2, 0.25) is 0 Å². The largest absolute Gasteiger partial charge is 0.472 e. The molecule has 3 N–H and O–H groups in total. The van der Waals surface area contributed by atoms with E-state index in [0.717, 1.165) is 120 Å². The second-order valence-electron chi connectivity index (χ2n) is 28.8. The normalized spacial score (nSPS) is 14.7. The van der Waals surface area contributed by atoms with Crippen LogP contribution in [0.5, 0.6) is 0 Å². The van der Waals surface area contributed by atoms with Crippen LogP contribution in [0.25, 0.3) is 0 Å². The minimum atomic E-state index is -4.96. The van der Waals surface area contributed by atoms with E-state index in [1.165, 1.54) is 180 Å². The van der Waals surface area contributed by atoms with Gasteiger partial charge in [-0.05, 0) is 49.4 Å². The van der Waals surface area contributed by atoms with Crippen molar-refractivity contribution in [2.24, 2.45) is 23.7 Å². The first-order valence-corrected chi connectivity index (χ1v) is 42.3. The zero-order valence-electron chi connectivity index (χ0n) is 62.3. The second kappa shape index (κ2) is 65.4. The van der Waals surface area contributed by atoms with E-state index in [4.69, 9.17) is 37.0 Å². The average molecular weight is 1400 g/mol. The first-order valence-electron chi connectivity index (χ1n) is 39.3. The summed E-state index contributed by atoms with van der Waals surface area (Å²) in [5, 5.41) is 10.6. The number of hydrogen-bond donors (Lipinski definition) is 3. The monoisotopic (exact) mass is 1400 g/mol. The van der Waals surface area contributed by atoms with E-state index >= 15 is 0 Å². The van der Waals surface area contributed by atoms with Crippen molar-refractivity contribution in [3.63, 3.8) is 0 Å². The van der Waals surface area contributed by atoms with Gasteiger partial charge in [-0.1, -0.05) is 331 Å². The molecule has 0 radical (unpaired) electrons. The fraction of sp³-hybridized carbons (Fsp3) is 0.947. The first kappa shape index (κ1) is 93.1. The van der Waals surface area contributed by atoms with Gasteiger partial charge in [-0.3, -0.25) is 37.3 Å². The van der Waals surface area contributed by atoms with E-state index in [9.17, 15) is 43.2 Å². The zero-order chi connectivity index (χ0) is 70.3. The number of esters is 4. The molecule has 0 spiro atoms. The minimum Gasteiger partial charge on any atom is -0.462 e. The SMILES string of the molecule is CCC(C)CCCCCCCCCCC(=O)O[C@H](COC(=O)CCCCCCCCCCCCCC(C)C)COP(=O)(O)OC[C@@H](O)COP(=O)(O)OC[C@@H](COC(=O)CCCCCCCCC(C)CC)OC(=O)CCCCCCCCCCCCCCCCCCC(C)C. The lowest BCUT2D eigenvalue weighted by molar-refractivity contribution is -0.161. The number of rotatable bonds is 73. The second-order valence-corrected chi connectivity index (χ2v) is 31.7. The van der Waals surface area contributed by atoms with Crippen molar-refractivity contribution in [3.8, 4) is 0 Å². The Morgan fingerprint density at radius 1 is 0.295 bits per heavy atom. The van der Waals surface area contributed by atoms with Crippen LogP contribution in [-0.2, 0) is 65.4 Å². The van der Waals surface area contributed by atoms with Gasteiger partial charge in [0.25, 0.3) is 0 Å². The van der Waals surface area contributed by atoms with Gasteiger partial charge in [-0.15, -0.1) is 0 Å². The number of phosphoric acid groups is 2. The van der Waals surface area contributed by atoms with Crippen LogP contribution in [0.3, 0.4) is 0 Å². The lowest BCUT2D eigenvalue weighted by Crippen LogP contribution is -2.30. The lowest BCUT2D eigenvalue weighted by Gasteiger charge is -2.21. The number of aliphatic hydroxyl groups is 1. The van der Waals surface area contributed by atoms with Crippen LogP contribution in [-0.4, -0.2) is 96.7 Å². The zero-order valence-corrected chi connectivity index (χ0v) is 64.1. The number of aliphatic hydroxyl groups excluding tert-OH is 1. The van der Waals surface area contributed by atoms with E-state index in [1.807, 2.05) is 0 Å². The molecular formula is C76H148O17P2. The Hall–Kier alpha value is -1.94. The molecule has 7 atom stereocenters. The Balaban J connectivity index is 5.23. The molecule has 0 aliphatic heterocycles. The van der Waals surface area contributed by atoms with Crippen LogP contribution >= 0.6 is 15.6 Å². The summed E-state index contributed by atoms with van der Waals surface area (Å²) in [4.78, 5) is 72.8. The maximum atomic E-state index is 13.1. The Kier molecular flexibility index (Phi) is 64.0. The summed E-state index contributed by atoms with van der Waals surface area (Å²) in [6.07, 6.45) is 49.9. The van der Waals surface area contributed by atoms with E-state index in [1.54, 1.807) is 0 Å². The van der Waals surface area contributed by atoms with Gasteiger partial charge in [-0.25, -0.2) is 9.13 Å². The summed E-state index contributed by atoms with van der Waals surface area (Å²) >= 11 is 0. The van der Waals surface area contributed by atoms with E-state index < -0.39 is 97.5 Å². The number of phosphoric ester groups is 2. The number of carbonyl (C=O) groups is 4. The van der Waals surface area contributed by atoms with Crippen LogP contribution in [0.15, 0.2) is 0 Å². The van der Waals surface area contributed by atoms with E-state index in [-0.39, 0.29) is 25.7 Å². The Morgan fingerprint density at radius 3 is 0.747 bits per heavy atom. The molecule has 0 saturated carbocycles. The average Bonchev–Trinajstić information content (AvgIpc) is 1.79. The van der Waals surface area contributed by atoms with Crippen molar-refractivity contribution < 1.29 is 80.2 Å². The molecule has 0 amide bonds. The third-order valence-electron chi connectivity index (χ3n) is 18.3. The number of hydrogen-bond acceptors (Lipinski definition) is 15. The topological polar surface area (TPSA) is 237 Å². The summed E-state index contributed by atoms with van der Waals surface area (Å²) < 4.78 is 68.5. The van der Waals surface area contributed by atoms with Gasteiger partial charge in [0.05, 0.1) is 26.4 Å². The molecule has 17 nitrogen and oxygen atoms in total. The maximum Gasteiger partial charge on any atom is 0.472 e. The van der Waals surface area contributed by atoms with Crippen LogP contribution in [0.1, 0.15) is 383 Å². The molecule has 0 aromatic rings. The molecule has 0 aliphatic rings. The van der Waals surface area contributed by atoms with Crippen molar-refractivity contribution in [3.05, 3.63) is 0 Å². The molecule has 19 heteroatoms. The Bertz CT molecular complexity index is 1870. The maximum absolute atomic E-state index is 13.1. The third kappa shape index (κ3) is 67.6. The van der Waals surface area contributed by atoms with Gasteiger partial charge in [0.15, 0.2) is 12.2 Å². The van der Waals surface area contributed by atoms with Gasteiger partial charge >= 0.3 is 39.5 Å². The van der Waals surface area contributed by atoms with E-state index in [2.05, 4.69) is 55.4 Å². The molecular weight excluding hydrogens is 1250 g/mol. The highest BCUT2D eigenvalue weighted by atomic mass is 31.2. The highest BCUT2D eigenvalue weighted by Crippen LogP contribution is 2.45. The van der Waals surface area contributed by atoms with Crippen LogP contribution in [0, 0.1) is 23.7 Å². The molecule has 0 fully saturated rings. The van der Waals surface area contributed by atoms with Gasteiger partial charge in [0.1, 0.15) is 19.3 Å². The predicted octanol–water partition coefficient (Wildman–Crippen LogP) is 22.0. The van der Waals surface area contributed by atoms with Crippen molar-refractivity contribution >= 4 is 39.5 Å². The van der Waals surface area contributed by atoms with Gasteiger partial charge in [-0.2, -0.15) is 0 Å². The number of unbranched alkanes of at least 4 members (excludes halogenated alkanes) is 37. The van der Waals surface area contributed by atoms with Gasteiger partial charge < -0.3 is 33.8 Å². The number of carbonyl (C=O) groups excluding carboxylic acids is 4. The summed E-state index contributed by atoms with van der Waals surface area (Å²) in [5.41, 5.74) is 0. The molecule has 0 heterocycles. The lowest BCUT2D eigenvalue weighted by atomic mass is 9.99. The molecule has 564 valence electrons. The van der Waals surface area contributed by atoms with Crippen molar-refractivity contribution in [2.75, 3.05) is 39.6 Å². The number of ether oxygens (including phenoxy) is 4. The molecule has 0 aromatic carbocycles. The Labute approximate surface area is 581 Å². The first-order chi connectivity index (χ1) is 45.7. The molecule has 95 heavy (non-hydrogen) atoms. The minimum absolute atomic E-state index is 0.104. The summed E-state index contributed by atoms with van der Waals surface area (Å²) in [6, 6.07) is 0. The van der Waals surface area contributed by atoms with Crippen LogP contribution in [0.4, 0.5) is 0 Å². The van der Waals surface area contributed by atoms with Crippen molar-refractivity contribution in [1.29, 1.82) is 0 Å². The fourth-order valence-corrected chi connectivity index (χ4v) is 13.1. The molecule has 0 bridgehead atoms. The fourth-order valence-electron chi connectivity index (χ4n) is 11.5. The highest BCUT2D eigenvalue weighted by molar-refractivity contribution is 7.47. The quantitative estimate of drug-likeness (QED) is 0.0222. The molecule has 0 aromatic heterocycles. The molecule has 0 aliphatic carbocycles. The van der Waals surface area contributed by atoms with Crippen LogP contribution < -0.4 is 0 Å². The smallest absolute Gasteiger partial charge is 0.462 e. The predicted molar refractivity (Wildman–Crippen MR) is 386 cm³/mol. The van der Waals surface area contributed by atoms with Crippen LogP contribution in [0.2, 0.25) is 0 Å². The highest BCUT2D eigenvalue weighted by Gasteiger charge is 2.30. The Morgan fingerprint density at radius 2 is 0.505 bits per heavy atom. The standard InChI is InChI=1S/C76H148O17P2/c1-9-68(7)54-46-38-30-26-27-33-43-51-59-76(81)93-71(62-86-73(78)56-48-40-31-24-21-17-19-23-29-37-45-53-67(5)6)64-90-94(82,83)88-60-70(77)61-89-95(84,85)91-65-72(63-87-74(79)57-49-41-35-34-39-47-55-69(8)10-2)92-75(80)58-50-42-32-25-20-16-14-12-11-13-15-18-22-28-36-44-52-66(3)4/h66-72,77H,9-65H2,1-8H3,(H,82,83)(H,84,85)/t68?,69?,70-,71-,72-/m1/s1. The third-order valence-corrected chi connectivity index (χ3v) is 20.2. The summed E-state index contributed by atoms with van der Waals surface area (Å²) in [6.45, 7) is 14.2. The van der Waals surface area contributed by atoms with Crippen molar-refractivity contribution in [1.82, 2.24) is 0 Å². The molecule has 0 rings (SSSR count). The molecule has 0 saturated heterocycles. The van der Waals surface area contributed by atoms with Crippen molar-refractivity contribution in [2.45, 2.75) is 401 Å². The summed E-state index contributed by atoms with van der Waals surface area (Å²) in [5.74, 6) is 0.958.